The maximum atomic E-state index is 12.8. The van der Waals surface area contributed by atoms with E-state index in [9.17, 15) is 9.59 Å². The molecule has 1 aliphatic rings. The van der Waals surface area contributed by atoms with Crippen LogP contribution in [0.25, 0.3) is 11.1 Å². The maximum Gasteiger partial charge on any atom is 0.257 e. The van der Waals surface area contributed by atoms with E-state index in [0.717, 1.165) is 34.4 Å². The van der Waals surface area contributed by atoms with Gasteiger partial charge in [-0.15, -0.1) is 0 Å². The summed E-state index contributed by atoms with van der Waals surface area (Å²) in [5.41, 5.74) is 5.35. The zero-order valence-electron chi connectivity index (χ0n) is 18.4. The third-order valence-electron chi connectivity index (χ3n) is 5.90. The molecule has 0 fully saturated rings. The zero-order chi connectivity index (χ0) is 22.3. The number of hydrogen-bond donors (Lipinski definition) is 1. The molecule has 0 saturated carbocycles. The monoisotopic (exact) mass is 418 g/mol. The van der Waals surface area contributed by atoms with Crippen LogP contribution in [-0.4, -0.2) is 29.0 Å². The molecule has 0 bridgehead atoms. The summed E-state index contributed by atoms with van der Waals surface area (Å²) < 4.78 is 5.13. The normalized spacial score (nSPS) is 13.8. The van der Waals surface area contributed by atoms with Crippen molar-refractivity contribution in [1.82, 2.24) is 15.5 Å². The highest BCUT2D eigenvalue weighted by atomic mass is 16.5. The molecule has 3 aromatic rings. The van der Waals surface area contributed by atoms with Gasteiger partial charge in [0.15, 0.2) is 0 Å². The van der Waals surface area contributed by atoms with Gasteiger partial charge in [-0.3, -0.25) is 14.6 Å². The van der Waals surface area contributed by atoms with Crippen LogP contribution in [0, 0.1) is 13.8 Å². The topological polar surface area (TPSA) is 88.3 Å². The summed E-state index contributed by atoms with van der Waals surface area (Å²) in [7, 11) is 1.81. The van der Waals surface area contributed by atoms with Crippen molar-refractivity contribution < 1.29 is 14.1 Å². The van der Waals surface area contributed by atoms with Gasteiger partial charge in [0.25, 0.3) is 5.91 Å². The highest BCUT2D eigenvalue weighted by Crippen LogP contribution is 2.32. The molecule has 0 spiro atoms. The number of amides is 2. The lowest BCUT2D eigenvalue weighted by molar-refractivity contribution is -0.118. The first-order valence-corrected chi connectivity index (χ1v) is 10.3. The minimum Gasteiger partial charge on any atom is -0.361 e. The molecule has 160 valence electrons. The van der Waals surface area contributed by atoms with Gasteiger partial charge in [-0.1, -0.05) is 11.2 Å². The van der Waals surface area contributed by atoms with Gasteiger partial charge in [-0.2, -0.15) is 0 Å². The number of nitrogens with zero attached hydrogens (tertiary/aromatic N) is 3. The van der Waals surface area contributed by atoms with Gasteiger partial charge in [-0.05, 0) is 69.0 Å². The van der Waals surface area contributed by atoms with Crippen LogP contribution in [-0.2, 0) is 16.8 Å². The first-order valence-electron chi connectivity index (χ1n) is 10.3. The van der Waals surface area contributed by atoms with Crippen LogP contribution in [0.3, 0.4) is 0 Å². The Morgan fingerprint density at radius 3 is 2.61 bits per heavy atom. The second-order valence-electron chi connectivity index (χ2n) is 8.54. The minimum absolute atomic E-state index is 0.139. The standard InChI is InChI=1S/C24H26N4O3/c1-14-22(15(2)31-27-14)23(30)26-24(3,4)19-11-18(12-25-13-19)16-6-8-20-17(10-16)7-9-21(29)28(20)5/h6,8,10-13H,7,9H2,1-5H3,(H,26,30). The van der Waals surface area contributed by atoms with E-state index in [1.54, 1.807) is 24.9 Å². The number of aromatic nitrogens is 2. The van der Waals surface area contributed by atoms with Gasteiger partial charge in [0, 0.05) is 37.1 Å². The van der Waals surface area contributed by atoms with Gasteiger partial charge in [-0.25, -0.2) is 0 Å². The van der Waals surface area contributed by atoms with Crippen molar-refractivity contribution in [3.8, 4) is 11.1 Å². The average Bonchev–Trinajstić information content (AvgIpc) is 3.08. The summed E-state index contributed by atoms with van der Waals surface area (Å²) in [6.45, 7) is 7.36. The number of benzene rings is 1. The van der Waals surface area contributed by atoms with Crippen molar-refractivity contribution in [2.24, 2.45) is 0 Å². The van der Waals surface area contributed by atoms with Gasteiger partial charge in [0.1, 0.15) is 11.3 Å². The van der Waals surface area contributed by atoms with E-state index in [0.29, 0.717) is 23.4 Å². The molecule has 31 heavy (non-hydrogen) atoms. The van der Waals surface area contributed by atoms with Gasteiger partial charge in [0.2, 0.25) is 5.91 Å². The second kappa shape index (κ2) is 7.65. The first kappa shape index (κ1) is 20.8. The Morgan fingerprint density at radius 1 is 1.13 bits per heavy atom. The van der Waals surface area contributed by atoms with Gasteiger partial charge < -0.3 is 14.7 Å². The lowest BCUT2D eigenvalue weighted by Crippen LogP contribution is -2.41. The van der Waals surface area contributed by atoms with Gasteiger partial charge >= 0.3 is 0 Å². The smallest absolute Gasteiger partial charge is 0.257 e. The number of anilines is 1. The fraction of sp³-hybridized carbons (Fsp3) is 0.333. The van der Waals surface area contributed by atoms with E-state index >= 15 is 0 Å². The number of pyridine rings is 1. The Balaban J connectivity index is 1.62. The van der Waals surface area contributed by atoms with Crippen molar-refractivity contribution in [2.75, 3.05) is 11.9 Å². The predicted octanol–water partition coefficient (Wildman–Crippen LogP) is 3.93. The molecule has 1 N–H and O–H groups in total. The van der Waals surface area contributed by atoms with Crippen molar-refractivity contribution >= 4 is 17.5 Å². The molecule has 1 aliphatic heterocycles. The summed E-state index contributed by atoms with van der Waals surface area (Å²) in [4.78, 5) is 30.9. The minimum atomic E-state index is -0.656. The van der Waals surface area contributed by atoms with Crippen LogP contribution in [0.15, 0.2) is 41.2 Å². The van der Waals surface area contributed by atoms with E-state index in [4.69, 9.17) is 4.52 Å². The molecular formula is C24H26N4O3. The zero-order valence-corrected chi connectivity index (χ0v) is 18.4. The average molecular weight is 418 g/mol. The Labute approximate surface area is 181 Å². The fourth-order valence-electron chi connectivity index (χ4n) is 4.00. The summed E-state index contributed by atoms with van der Waals surface area (Å²) >= 11 is 0. The van der Waals surface area contributed by atoms with Crippen LogP contribution in [0.4, 0.5) is 5.69 Å². The summed E-state index contributed by atoms with van der Waals surface area (Å²) in [5.74, 6) is 0.406. The Kier molecular flexibility index (Phi) is 5.13. The Hall–Kier alpha value is -3.48. The second-order valence-corrected chi connectivity index (χ2v) is 8.54. The third kappa shape index (κ3) is 3.83. The maximum absolute atomic E-state index is 12.8. The Morgan fingerprint density at radius 2 is 1.90 bits per heavy atom. The Bertz CT molecular complexity index is 1160. The largest absolute Gasteiger partial charge is 0.361 e. The molecular weight excluding hydrogens is 392 g/mol. The molecule has 0 radical (unpaired) electrons. The molecule has 2 amide bonds. The molecule has 0 unspecified atom stereocenters. The van der Waals surface area contributed by atoms with Crippen molar-refractivity contribution in [1.29, 1.82) is 0 Å². The molecule has 7 heteroatoms. The molecule has 2 aromatic heterocycles. The number of carbonyl (C=O) groups is 2. The highest BCUT2D eigenvalue weighted by molar-refractivity contribution is 5.97. The lowest BCUT2D eigenvalue weighted by atomic mass is 9.91. The molecule has 3 heterocycles. The van der Waals surface area contributed by atoms with Crippen LogP contribution in [0.1, 0.15) is 53.2 Å². The quantitative estimate of drug-likeness (QED) is 0.694. The third-order valence-corrected chi connectivity index (χ3v) is 5.90. The number of rotatable bonds is 4. The van der Waals surface area contributed by atoms with Crippen molar-refractivity contribution in [3.05, 3.63) is 64.8 Å². The van der Waals surface area contributed by atoms with E-state index in [1.165, 1.54) is 0 Å². The number of aryl methyl sites for hydroxylation is 3. The molecule has 0 atom stereocenters. The van der Waals surface area contributed by atoms with Crippen LogP contribution < -0.4 is 10.2 Å². The molecule has 0 aliphatic carbocycles. The van der Waals surface area contributed by atoms with E-state index in [1.807, 2.05) is 45.3 Å². The van der Waals surface area contributed by atoms with Crippen LogP contribution in [0.5, 0.6) is 0 Å². The summed E-state index contributed by atoms with van der Waals surface area (Å²) in [6, 6.07) is 8.15. The van der Waals surface area contributed by atoms with Gasteiger partial charge in [0.05, 0.1) is 11.2 Å². The number of nitrogens with one attached hydrogen (secondary N) is 1. The summed E-state index contributed by atoms with van der Waals surface area (Å²) in [6.07, 6.45) is 4.83. The molecule has 7 nitrogen and oxygen atoms in total. The highest BCUT2D eigenvalue weighted by Gasteiger charge is 2.28. The number of fused-ring (bicyclic) bond motifs is 1. The lowest BCUT2D eigenvalue weighted by Gasteiger charge is -2.28. The van der Waals surface area contributed by atoms with Crippen molar-refractivity contribution in [3.63, 3.8) is 0 Å². The SMILES string of the molecule is Cc1noc(C)c1C(=O)NC(C)(C)c1cncc(-c2ccc3c(c2)CCC(=O)N3C)c1. The molecule has 4 rings (SSSR count). The van der Waals surface area contributed by atoms with Crippen LogP contribution in [0.2, 0.25) is 0 Å². The number of carbonyl (C=O) groups excluding carboxylic acids is 2. The summed E-state index contributed by atoms with van der Waals surface area (Å²) in [5, 5.41) is 6.94. The van der Waals surface area contributed by atoms with E-state index < -0.39 is 5.54 Å². The number of hydrogen-bond acceptors (Lipinski definition) is 5. The van der Waals surface area contributed by atoms with Crippen molar-refractivity contribution in [2.45, 2.75) is 46.1 Å². The first-order chi connectivity index (χ1) is 14.7. The molecule has 1 aromatic carbocycles. The molecule has 0 saturated heterocycles. The fourth-order valence-corrected chi connectivity index (χ4v) is 4.00. The van der Waals surface area contributed by atoms with E-state index in [-0.39, 0.29) is 11.8 Å². The van der Waals surface area contributed by atoms with Crippen LogP contribution >= 0.6 is 0 Å². The van der Waals surface area contributed by atoms with E-state index in [2.05, 4.69) is 21.5 Å². The predicted molar refractivity (Wildman–Crippen MR) is 118 cm³/mol.